The Morgan fingerprint density at radius 1 is 1.24 bits per heavy atom. The van der Waals surface area contributed by atoms with Gasteiger partial charge in [0.25, 0.3) is 0 Å². The van der Waals surface area contributed by atoms with Crippen LogP contribution in [0.25, 0.3) is 11.3 Å². The van der Waals surface area contributed by atoms with E-state index in [1.165, 1.54) is 5.56 Å². The monoisotopic (exact) mass is 231 g/mol. The van der Waals surface area contributed by atoms with E-state index in [0.29, 0.717) is 11.6 Å². The summed E-state index contributed by atoms with van der Waals surface area (Å²) in [7, 11) is 4.15. The molecular weight excluding hydrogens is 214 g/mol. The minimum absolute atomic E-state index is 0.414. The average molecular weight is 231 g/mol. The van der Waals surface area contributed by atoms with E-state index in [9.17, 15) is 0 Å². The molecule has 4 heteroatoms. The highest BCUT2D eigenvalue weighted by molar-refractivity contribution is 5.60. The first-order chi connectivity index (χ1) is 8.15. The molecule has 0 atom stereocenters. The molecule has 0 spiro atoms. The van der Waals surface area contributed by atoms with Crippen LogP contribution < -0.4 is 5.73 Å². The first-order valence-corrected chi connectivity index (χ1v) is 5.61. The number of likely N-dealkylation sites (N-methyl/N-ethyl adjacent to an activating group) is 1. The van der Waals surface area contributed by atoms with Crippen molar-refractivity contribution in [1.29, 1.82) is 0 Å². The van der Waals surface area contributed by atoms with E-state index in [1.54, 1.807) is 6.07 Å². The Kier molecular flexibility index (Phi) is 3.44. The van der Waals surface area contributed by atoms with E-state index in [-0.39, 0.29) is 0 Å². The van der Waals surface area contributed by atoms with Crippen LogP contribution >= 0.6 is 0 Å². The van der Waals surface area contributed by atoms with Crippen LogP contribution in [0.2, 0.25) is 0 Å². The van der Waals surface area contributed by atoms with Crippen LogP contribution in [0.4, 0.5) is 5.82 Å². The van der Waals surface area contributed by atoms with Crippen LogP contribution in [-0.4, -0.2) is 30.7 Å². The summed E-state index contributed by atoms with van der Waals surface area (Å²) in [5, 5.41) is 3.67. The number of benzene rings is 1. The van der Waals surface area contributed by atoms with Gasteiger partial charge in [-0.2, -0.15) is 0 Å². The van der Waals surface area contributed by atoms with Gasteiger partial charge in [0.1, 0.15) is 0 Å². The summed E-state index contributed by atoms with van der Waals surface area (Å²) in [5.41, 5.74) is 7.83. The summed E-state index contributed by atoms with van der Waals surface area (Å²) in [6.45, 7) is 1.05. The second-order valence-electron chi connectivity index (χ2n) is 4.37. The fraction of sp³-hybridized carbons (Fsp3) is 0.308. The zero-order valence-corrected chi connectivity index (χ0v) is 10.2. The van der Waals surface area contributed by atoms with Crippen LogP contribution in [0.15, 0.2) is 34.9 Å². The second kappa shape index (κ2) is 5.01. The molecule has 0 unspecified atom stereocenters. The van der Waals surface area contributed by atoms with Crippen molar-refractivity contribution in [3.05, 3.63) is 35.9 Å². The van der Waals surface area contributed by atoms with Gasteiger partial charge in [-0.3, -0.25) is 0 Å². The predicted octanol–water partition coefficient (Wildman–Crippen LogP) is 2.03. The Bertz CT molecular complexity index is 474. The molecule has 1 aromatic carbocycles. The average Bonchev–Trinajstić information content (AvgIpc) is 2.74. The van der Waals surface area contributed by atoms with Gasteiger partial charge in [0.2, 0.25) is 0 Å². The Labute approximate surface area is 101 Å². The molecule has 0 radical (unpaired) electrons. The van der Waals surface area contributed by atoms with E-state index >= 15 is 0 Å². The Balaban J connectivity index is 2.07. The normalized spacial score (nSPS) is 11.0. The third-order valence-corrected chi connectivity index (χ3v) is 2.61. The van der Waals surface area contributed by atoms with Crippen molar-refractivity contribution in [3.63, 3.8) is 0 Å². The lowest BCUT2D eigenvalue weighted by Crippen LogP contribution is -2.14. The van der Waals surface area contributed by atoms with Gasteiger partial charge in [0, 0.05) is 18.2 Å². The third-order valence-electron chi connectivity index (χ3n) is 2.61. The van der Waals surface area contributed by atoms with Gasteiger partial charge in [-0.15, -0.1) is 0 Å². The molecule has 1 heterocycles. The largest absolute Gasteiger partial charge is 0.381 e. The third kappa shape index (κ3) is 3.07. The fourth-order valence-electron chi connectivity index (χ4n) is 1.61. The van der Waals surface area contributed by atoms with E-state index in [2.05, 4.69) is 36.3 Å². The lowest BCUT2D eigenvalue weighted by molar-refractivity contribution is 0.413. The highest BCUT2D eigenvalue weighted by Gasteiger charge is 2.04. The first-order valence-electron chi connectivity index (χ1n) is 5.61. The minimum Gasteiger partial charge on any atom is -0.381 e. The van der Waals surface area contributed by atoms with Crippen LogP contribution in [0.3, 0.4) is 0 Å². The molecule has 4 nitrogen and oxygen atoms in total. The first kappa shape index (κ1) is 11.7. The number of aromatic nitrogens is 1. The molecular formula is C13H17N3O. The predicted molar refractivity (Wildman–Crippen MR) is 68.6 cm³/mol. The minimum atomic E-state index is 0.414. The van der Waals surface area contributed by atoms with Gasteiger partial charge in [-0.1, -0.05) is 29.4 Å². The number of rotatable bonds is 4. The molecule has 17 heavy (non-hydrogen) atoms. The Morgan fingerprint density at radius 2 is 1.94 bits per heavy atom. The number of hydrogen-bond acceptors (Lipinski definition) is 4. The molecule has 2 rings (SSSR count). The van der Waals surface area contributed by atoms with E-state index in [0.717, 1.165) is 18.5 Å². The molecule has 0 amide bonds. The summed E-state index contributed by atoms with van der Waals surface area (Å²) in [6.07, 6.45) is 1.05. The molecule has 0 fully saturated rings. The molecule has 0 bridgehead atoms. The molecule has 0 saturated carbocycles. The number of nitrogen functional groups attached to an aromatic ring is 1. The van der Waals surface area contributed by atoms with Crippen LogP contribution in [0.5, 0.6) is 0 Å². The number of anilines is 1. The van der Waals surface area contributed by atoms with Gasteiger partial charge >= 0.3 is 0 Å². The van der Waals surface area contributed by atoms with Gasteiger partial charge in [0.15, 0.2) is 11.6 Å². The standard InChI is InChI=1S/C13H17N3O/c1-16(2)8-7-10-3-5-11(6-4-10)12-9-13(14)15-17-12/h3-6,9H,7-8H2,1-2H3,(H2,14,15). The molecule has 2 aromatic rings. The number of nitrogens with zero attached hydrogens (tertiary/aromatic N) is 2. The van der Waals surface area contributed by atoms with Crippen LogP contribution in [0.1, 0.15) is 5.56 Å². The van der Waals surface area contributed by atoms with Crippen molar-refractivity contribution >= 4 is 5.82 Å². The maximum absolute atomic E-state index is 5.52. The van der Waals surface area contributed by atoms with Crippen molar-refractivity contribution in [2.75, 3.05) is 26.4 Å². The Hall–Kier alpha value is -1.81. The number of nitrogens with two attached hydrogens (primary N) is 1. The molecule has 0 aliphatic carbocycles. The molecule has 0 saturated heterocycles. The molecule has 0 aliphatic heterocycles. The van der Waals surface area contributed by atoms with Crippen LogP contribution in [0, 0.1) is 0 Å². The van der Waals surface area contributed by atoms with Crippen molar-refractivity contribution < 1.29 is 4.52 Å². The van der Waals surface area contributed by atoms with Crippen LogP contribution in [-0.2, 0) is 6.42 Å². The van der Waals surface area contributed by atoms with Gasteiger partial charge in [0.05, 0.1) is 0 Å². The maximum atomic E-state index is 5.52. The summed E-state index contributed by atoms with van der Waals surface area (Å²) < 4.78 is 5.11. The summed E-state index contributed by atoms with van der Waals surface area (Å²) in [6, 6.07) is 10.0. The van der Waals surface area contributed by atoms with E-state index in [4.69, 9.17) is 10.3 Å². The second-order valence-corrected chi connectivity index (χ2v) is 4.37. The van der Waals surface area contributed by atoms with Crippen molar-refractivity contribution in [2.24, 2.45) is 0 Å². The Morgan fingerprint density at radius 3 is 2.47 bits per heavy atom. The lowest BCUT2D eigenvalue weighted by Gasteiger charge is -2.09. The van der Waals surface area contributed by atoms with Crippen molar-refractivity contribution in [1.82, 2.24) is 10.1 Å². The topological polar surface area (TPSA) is 55.3 Å². The molecule has 1 aromatic heterocycles. The highest BCUT2D eigenvalue weighted by Crippen LogP contribution is 2.21. The van der Waals surface area contributed by atoms with Crippen molar-refractivity contribution in [2.45, 2.75) is 6.42 Å². The van der Waals surface area contributed by atoms with Crippen molar-refractivity contribution in [3.8, 4) is 11.3 Å². The summed E-state index contributed by atoms with van der Waals surface area (Å²) in [5.74, 6) is 1.12. The summed E-state index contributed by atoms with van der Waals surface area (Å²) >= 11 is 0. The van der Waals surface area contributed by atoms with Gasteiger partial charge in [-0.05, 0) is 26.1 Å². The maximum Gasteiger partial charge on any atom is 0.169 e. The van der Waals surface area contributed by atoms with E-state index < -0.39 is 0 Å². The molecule has 90 valence electrons. The van der Waals surface area contributed by atoms with Gasteiger partial charge < -0.3 is 15.2 Å². The quantitative estimate of drug-likeness (QED) is 0.874. The molecule has 2 N–H and O–H groups in total. The number of hydrogen-bond donors (Lipinski definition) is 1. The zero-order valence-electron chi connectivity index (χ0n) is 10.2. The van der Waals surface area contributed by atoms with E-state index in [1.807, 2.05) is 12.1 Å². The lowest BCUT2D eigenvalue weighted by atomic mass is 10.1. The van der Waals surface area contributed by atoms with Gasteiger partial charge in [-0.25, -0.2) is 0 Å². The highest BCUT2D eigenvalue weighted by atomic mass is 16.5. The smallest absolute Gasteiger partial charge is 0.169 e. The summed E-state index contributed by atoms with van der Waals surface area (Å²) in [4.78, 5) is 2.17. The fourth-order valence-corrected chi connectivity index (χ4v) is 1.61. The zero-order chi connectivity index (χ0) is 12.3. The SMILES string of the molecule is CN(C)CCc1ccc(-c2cc(N)no2)cc1. The molecule has 0 aliphatic rings.